The molecule has 0 bridgehead atoms. The van der Waals surface area contributed by atoms with Crippen LogP contribution in [-0.4, -0.2) is 73.2 Å². The van der Waals surface area contributed by atoms with Gasteiger partial charge in [-0.25, -0.2) is 12.4 Å². The number of benzene rings is 1. The molecule has 3 heterocycles. The molecule has 1 aromatic heterocycles. The van der Waals surface area contributed by atoms with Crippen molar-refractivity contribution in [2.75, 3.05) is 45.1 Å². The number of morpholine rings is 1. The van der Waals surface area contributed by atoms with Crippen molar-refractivity contribution in [3.05, 3.63) is 54.4 Å². The van der Waals surface area contributed by atoms with Gasteiger partial charge in [-0.3, -0.25) is 9.69 Å². The number of ether oxygens (including phenoxy) is 1. The molecule has 1 atom stereocenters. The SMILES string of the molecule is O=C1CSC(c2cccn2S(=O)(=O)c2ccccc2)N1CCN1CCOCC1. The smallest absolute Gasteiger partial charge is 0.267 e. The Morgan fingerprint density at radius 2 is 1.79 bits per heavy atom. The molecule has 28 heavy (non-hydrogen) atoms. The van der Waals surface area contributed by atoms with Gasteiger partial charge in [0.15, 0.2) is 0 Å². The van der Waals surface area contributed by atoms with Crippen molar-refractivity contribution >= 4 is 27.7 Å². The highest BCUT2D eigenvalue weighted by molar-refractivity contribution is 8.00. The highest BCUT2D eigenvalue weighted by atomic mass is 32.2. The summed E-state index contributed by atoms with van der Waals surface area (Å²) in [6.07, 6.45) is 1.56. The molecule has 7 nitrogen and oxygen atoms in total. The van der Waals surface area contributed by atoms with Gasteiger partial charge >= 0.3 is 0 Å². The monoisotopic (exact) mass is 421 g/mol. The fourth-order valence-corrected chi connectivity index (χ4v) is 6.21. The van der Waals surface area contributed by atoms with Crippen molar-refractivity contribution in [3.8, 4) is 0 Å². The first kappa shape index (κ1) is 19.5. The molecule has 2 aliphatic heterocycles. The summed E-state index contributed by atoms with van der Waals surface area (Å²) < 4.78 is 32.9. The first-order valence-electron chi connectivity index (χ1n) is 9.26. The van der Waals surface area contributed by atoms with Crippen LogP contribution in [0.1, 0.15) is 11.1 Å². The molecule has 0 aliphatic carbocycles. The summed E-state index contributed by atoms with van der Waals surface area (Å²) >= 11 is 1.48. The molecular formula is C19H23N3O4S2. The molecule has 2 saturated heterocycles. The summed E-state index contributed by atoms with van der Waals surface area (Å²) in [6, 6.07) is 11.9. The van der Waals surface area contributed by atoms with Gasteiger partial charge in [-0.05, 0) is 24.3 Å². The molecule has 150 valence electrons. The lowest BCUT2D eigenvalue weighted by molar-refractivity contribution is -0.128. The highest BCUT2D eigenvalue weighted by Crippen LogP contribution is 2.39. The second kappa shape index (κ2) is 8.28. The Kier molecular flexibility index (Phi) is 5.77. The average molecular weight is 422 g/mol. The van der Waals surface area contributed by atoms with Gasteiger partial charge in [0.1, 0.15) is 5.37 Å². The van der Waals surface area contributed by atoms with E-state index in [-0.39, 0.29) is 16.2 Å². The zero-order chi connectivity index (χ0) is 19.6. The molecule has 0 spiro atoms. The van der Waals surface area contributed by atoms with Gasteiger partial charge in [-0.15, -0.1) is 11.8 Å². The molecule has 2 aromatic rings. The third-order valence-corrected chi connectivity index (χ3v) is 7.97. The van der Waals surface area contributed by atoms with E-state index in [2.05, 4.69) is 4.90 Å². The summed E-state index contributed by atoms with van der Waals surface area (Å²) in [7, 11) is -3.70. The number of nitrogens with zero attached hydrogens (tertiary/aromatic N) is 3. The summed E-state index contributed by atoms with van der Waals surface area (Å²) in [6.45, 7) is 4.48. The molecule has 4 rings (SSSR count). The zero-order valence-corrected chi connectivity index (χ0v) is 17.1. The maximum Gasteiger partial charge on any atom is 0.267 e. The van der Waals surface area contributed by atoms with E-state index in [4.69, 9.17) is 4.74 Å². The number of hydrogen-bond donors (Lipinski definition) is 0. The zero-order valence-electron chi connectivity index (χ0n) is 15.4. The van der Waals surface area contributed by atoms with Crippen LogP contribution in [0.3, 0.4) is 0 Å². The first-order valence-corrected chi connectivity index (χ1v) is 11.8. The lowest BCUT2D eigenvalue weighted by atomic mass is 10.3. The van der Waals surface area contributed by atoms with Gasteiger partial charge in [0.25, 0.3) is 10.0 Å². The minimum atomic E-state index is -3.70. The number of carbonyl (C=O) groups excluding carboxylic acids is 1. The number of aromatic nitrogens is 1. The van der Waals surface area contributed by atoms with E-state index >= 15 is 0 Å². The van der Waals surface area contributed by atoms with Crippen molar-refractivity contribution in [2.24, 2.45) is 0 Å². The Bertz CT molecular complexity index is 924. The quantitative estimate of drug-likeness (QED) is 0.706. The Balaban J connectivity index is 1.57. The molecule has 1 aromatic carbocycles. The molecule has 1 amide bonds. The average Bonchev–Trinajstić information content (AvgIpc) is 3.35. The van der Waals surface area contributed by atoms with Crippen LogP contribution in [-0.2, 0) is 19.6 Å². The third-order valence-electron chi connectivity index (χ3n) is 5.02. The molecule has 1 unspecified atom stereocenters. The lowest BCUT2D eigenvalue weighted by Crippen LogP contribution is -2.42. The van der Waals surface area contributed by atoms with E-state index in [0.29, 0.717) is 31.2 Å². The Labute approximate surface area is 169 Å². The van der Waals surface area contributed by atoms with E-state index in [1.54, 1.807) is 53.6 Å². The van der Waals surface area contributed by atoms with Crippen LogP contribution >= 0.6 is 11.8 Å². The maximum atomic E-state index is 13.1. The molecule has 9 heteroatoms. The number of carbonyl (C=O) groups is 1. The minimum absolute atomic E-state index is 0.0492. The fourth-order valence-electron chi connectivity index (χ4n) is 3.51. The van der Waals surface area contributed by atoms with E-state index in [1.165, 1.54) is 15.7 Å². The van der Waals surface area contributed by atoms with E-state index in [1.807, 2.05) is 0 Å². The Morgan fingerprint density at radius 3 is 2.54 bits per heavy atom. The summed E-state index contributed by atoms with van der Waals surface area (Å²) in [5, 5.41) is -0.304. The molecule has 0 saturated carbocycles. The molecule has 0 radical (unpaired) electrons. The van der Waals surface area contributed by atoms with E-state index in [0.717, 1.165) is 19.6 Å². The minimum Gasteiger partial charge on any atom is -0.379 e. The lowest BCUT2D eigenvalue weighted by Gasteiger charge is -2.30. The van der Waals surface area contributed by atoms with Crippen LogP contribution in [0.15, 0.2) is 53.6 Å². The fraction of sp³-hybridized carbons (Fsp3) is 0.421. The van der Waals surface area contributed by atoms with Crippen LogP contribution in [0.4, 0.5) is 0 Å². The van der Waals surface area contributed by atoms with Gasteiger partial charge in [0, 0.05) is 32.4 Å². The van der Waals surface area contributed by atoms with Crippen LogP contribution < -0.4 is 0 Å². The topological polar surface area (TPSA) is 71.9 Å². The van der Waals surface area contributed by atoms with E-state index in [9.17, 15) is 13.2 Å². The van der Waals surface area contributed by atoms with Crippen LogP contribution in [0, 0.1) is 0 Å². The molecular weight excluding hydrogens is 398 g/mol. The second-order valence-electron chi connectivity index (χ2n) is 6.75. The Hall–Kier alpha value is -1.81. The summed E-state index contributed by atoms with van der Waals surface area (Å²) in [5.41, 5.74) is 0.613. The van der Waals surface area contributed by atoms with Crippen LogP contribution in [0.2, 0.25) is 0 Å². The second-order valence-corrected chi connectivity index (χ2v) is 9.63. The van der Waals surface area contributed by atoms with Gasteiger partial charge < -0.3 is 9.64 Å². The number of amides is 1. The summed E-state index contributed by atoms with van der Waals surface area (Å²) in [4.78, 5) is 16.8. The normalized spacial score (nSPS) is 21.4. The van der Waals surface area contributed by atoms with Gasteiger partial charge in [-0.2, -0.15) is 0 Å². The molecule has 0 N–H and O–H groups in total. The standard InChI is InChI=1S/C19H23N3O4S2/c23-18-15-27-19(21(18)10-9-20-11-13-26-14-12-20)17-7-4-8-22(17)28(24,25)16-5-2-1-3-6-16/h1-8,19H,9-15H2. The van der Waals surface area contributed by atoms with Crippen molar-refractivity contribution in [3.63, 3.8) is 0 Å². The third kappa shape index (κ3) is 3.84. The number of hydrogen-bond acceptors (Lipinski definition) is 6. The van der Waals surface area contributed by atoms with Crippen LogP contribution in [0.5, 0.6) is 0 Å². The van der Waals surface area contributed by atoms with E-state index < -0.39 is 10.0 Å². The van der Waals surface area contributed by atoms with Gasteiger partial charge in [-0.1, -0.05) is 18.2 Å². The Morgan fingerprint density at radius 1 is 1.04 bits per heavy atom. The van der Waals surface area contributed by atoms with Crippen molar-refractivity contribution in [1.82, 2.24) is 13.8 Å². The highest BCUT2D eigenvalue weighted by Gasteiger charge is 2.36. The maximum absolute atomic E-state index is 13.1. The van der Waals surface area contributed by atoms with Gasteiger partial charge in [0.05, 0.1) is 29.6 Å². The predicted molar refractivity (Wildman–Crippen MR) is 108 cm³/mol. The number of thioether (sulfide) groups is 1. The summed E-state index contributed by atoms with van der Waals surface area (Å²) in [5.74, 6) is 0.415. The van der Waals surface area contributed by atoms with Gasteiger partial charge in [0.2, 0.25) is 5.91 Å². The van der Waals surface area contributed by atoms with Crippen molar-refractivity contribution < 1.29 is 17.9 Å². The largest absolute Gasteiger partial charge is 0.379 e. The predicted octanol–water partition coefficient (Wildman–Crippen LogP) is 1.63. The van der Waals surface area contributed by atoms with Crippen molar-refractivity contribution in [1.29, 1.82) is 0 Å². The van der Waals surface area contributed by atoms with Crippen LogP contribution in [0.25, 0.3) is 0 Å². The number of rotatable bonds is 6. The first-order chi connectivity index (χ1) is 13.6. The molecule has 2 fully saturated rings. The van der Waals surface area contributed by atoms with Crippen molar-refractivity contribution in [2.45, 2.75) is 10.3 Å². The molecule has 2 aliphatic rings.